The molecule has 1 aliphatic rings. The van der Waals surface area contributed by atoms with Gasteiger partial charge in [0.1, 0.15) is 0 Å². The summed E-state index contributed by atoms with van der Waals surface area (Å²) in [5, 5.41) is 0. The summed E-state index contributed by atoms with van der Waals surface area (Å²) in [6.45, 7) is 14.0. The molecule has 0 aromatic carbocycles. The summed E-state index contributed by atoms with van der Waals surface area (Å²) < 4.78 is 41.4. The first-order valence-electron chi connectivity index (χ1n) is 11.4. The molecule has 0 saturated carbocycles. The fraction of sp³-hybridized carbons (Fsp3) is 0.947. The van der Waals surface area contributed by atoms with Gasteiger partial charge in [-0.2, -0.15) is 0 Å². The van der Waals surface area contributed by atoms with Crippen molar-refractivity contribution in [3.05, 3.63) is 0 Å². The van der Waals surface area contributed by atoms with E-state index in [2.05, 4.69) is 13.1 Å². The van der Waals surface area contributed by atoms with Gasteiger partial charge in [-0.25, -0.2) is 0 Å². The van der Waals surface area contributed by atoms with Gasteiger partial charge in [-0.3, -0.25) is 4.79 Å². The molecule has 3 atom stereocenters. The Balaban J connectivity index is 2.54. The molecule has 0 N–H and O–H groups in total. The van der Waals surface area contributed by atoms with Gasteiger partial charge in [0.25, 0.3) is 8.92 Å². The molecular weight excluding hydrogens is 453 g/mol. The lowest BCUT2D eigenvalue weighted by Crippen LogP contribution is -2.49. The van der Waals surface area contributed by atoms with Crippen molar-refractivity contribution in [1.29, 1.82) is 0 Å². The Morgan fingerprint density at radius 2 is 1.63 bits per heavy atom. The summed E-state index contributed by atoms with van der Waals surface area (Å²) >= 11 is 0. The van der Waals surface area contributed by atoms with Crippen molar-refractivity contribution in [3.8, 4) is 0 Å². The van der Waals surface area contributed by atoms with E-state index < -0.39 is 33.9 Å². The average Bonchev–Trinajstić information content (AvgIpc) is 2.84. The second-order valence-electron chi connectivity index (χ2n) is 8.55. The SMILES string of the molecule is CCO[Si](CCCOC(=O)C(C)C[Si]1(C)CCCC[Si](C)([SiH]=O)O1)(OCC)OCC. The van der Waals surface area contributed by atoms with Gasteiger partial charge in [-0.05, 0) is 58.4 Å². The Morgan fingerprint density at radius 3 is 2.17 bits per heavy atom. The third-order valence-electron chi connectivity index (χ3n) is 5.46. The first-order valence-corrected chi connectivity index (χ1v) is 21.1. The number of esters is 1. The number of carbonyl (C=O) groups excluding carboxylic acids is 1. The highest BCUT2D eigenvalue weighted by Gasteiger charge is 2.44. The van der Waals surface area contributed by atoms with E-state index in [1.54, 1.807) is 0 Å². The van der Waals surface area contributed by atoms with Crippen LogP contribution in [0.3, 0.4) is 0 Å². The van der Waals surface area contributed by atoms with Crippen molar-refractivity contribution >= 4 is 39.8 Å². The van der Waals surface area contributed by atoms with Crippen molar-refractivity contribution in [1.82, 2.24) is 0 Å². The van der Waals surface area contributed by atoms with E-state index in [0.717, 1.165) is 31.0 Å². The Hall–Kier alpha value is -0.0225. The van der Waals surface area contributed by atoms with Crippen LogP contribution in [-0.2, 0) is 31.4 Å². The zero-order chi connectivity index (χ0) is 22.7. The van der Waals surface area contributed by atoms with E-state index in [1.165, 1.54) is 0 Å². The maximum absolute atomic E-state index is 12.6. The molecule has 30 heavy (non-hydrogen) atoms. The minimum absolute atomic E-state index is 0.175. The van der Waals surface area contributed by atoms with Crippen LogP contribution in [-0.4, -0.2) is 66.3 Å². The van der Waals surface area contributed by atoms with Gasteiger partial charge in [0.2, 0.25) is 7.83 Å². The maximum Gasteiger partial charge on any atom is 0.501 e. The predicted molar refractivity (Wildman–Crippen MR) is 126 cm³/mol. The van der Waals surface area contributed by atoms with Gasteiger partial charge >= 0.3 is 14.8 Å². The molecule has 0 aromatic heterocycles. The lowest BCUT2D eigenvalue weighted by Gasteiger charge is -2.34. The highest BCUT2D eigenvalue weighted by molar-refractivity contribution is 7.17. The molecule has 1 saturated heterocycles. The Kier molecular flexibility index (Phi) is 12.6. The number of carbonyl (C=O) groups is 1. The van der Waals surface area contributed by atoms with Crippen molar-refractivity contribution in [2.75, 3.05) is 26.4 Å². The van der Waals surface area contributed by atoms with Gasteiger partial charge in [0.15, 0.2) is 8.32 Å². The van der Waals surface area contributed by atoms with Gasteiger partial charge in [0, 0.05) is 25.9 Å². The van der Waals surface area contributed by atoms with Crippen molar-refractivity contribution in [2.45, 2.75) is 84.2 Å². The van der Waals surface area contributed by atoms with E-state index >= 15 is 0 Å². The average molecular weight is 495 g/mol. The Morgan fingerprint density at radius 1 is 1.07 bits per heavy atom. The molecule has 0 aromatic rings. The molecule has 1 rings (SSSR count). The summed E-state index contributed by atoms with van der Waals surface area (Å²) in [4.78, 5) is 12.6. The van der Waals surface area contributed by atoms with E-state index in [1.807, 2.05) is 27.7 Å². The quantitative estimate of drug-likeness (QED) is 0.206. The van der Waals surface area contributed by atoms with Crippen LogP contribution in [0.15, 0.2) is 0 Å². The molecule has 7 nitrogen and oxygen atoms in total. The van der Waals surface area contributed by atoms with Crippen LogP contribution in [0.5, 0.6) is 0 Å². The third-order valence-corrected chi connectivity index (χ3v) is 20.6. The van der Waals surface area contributed by atoms with Crippen LogP contribution in [0.1, 0.15) is 47.0 Å². The predicted octanol–water partition coefficient (Wildman–Crippen LogP) is 3.84. The first-order chi connectivity index (χ1) is 14.2. The standard InChI is InChI=1S/C19H42O7Si4/c1-7-23-30(24-8-2,25-9-3)16-12-13-22-19(20)18(4)17-28(5)14-10-11-15-29(6,26-28)27-21/h18,27H,7-17H2,1-6H3. The molecular formula is C19H42O7Si4. The summed E-state index contributed by atoms with van der Waals surface area (Å²) in [6.07, 6.45) is 2.87. The zero-order valence-corrected chi connectivity index (χ0v) is 23.9. The zero-order valence-electron chi connectivity index (χ0n) is 19.8. The second-order valence-corrected chi connectivity index (χ2v) is 23.6. The van der Waals surface area contributed by atoms with Crippen LogP contribution in [0.2, 0.25) is 37.3 Å². The lowest BCUT2D eigenvalue weighted by atomic mass is 10.2. The summed E-state index contributed by atoms with van der Waals surface area (Å²) in [7, 11) is -7.67. The second kappa shape index (κ2) is 13.5. The molecule has 176 valence electrons. The van der Waals surface area contributed by atoms with Gasteiger partial charge in [-0.1, -0.05) is 19.8 Å². The lowest BCUT2D eigenvalue weighted by molar-refractivity contribution is -0.147. The molecule has 0 bridgehead atoms. The van der Waals surface area contributed by atoms with Crippen LogP contribution in [0.4, 0.5) is 0 Å². The van der Waals surface area contributed by atoms with Gasteiger partial charge in [0.05, 0.1) is 12.5 Å². The minimum atomic E-state index is -2.69. The monoisotopic (exact) mass is 494 g/mol. The first kappa shape index (κ1) is 28.0. The van der Waals surface area contributed by atoms with Crippen molar-refractivity contribution in [3.63, 3.8) is 0 Å². The Bertz CT molecular complexity index is 522. The van der Waals surface area contributed by atoms with Gasteiger partial charge in [-0.15, -0.1) is 0 Å². The number of hydrogen-bond acceptors (Lipinski definition) is 7. The molecule has 11 heteroatoms. The minimum Gasteiger partial charge on any atom is -0.465 e. The molecule has 0 amide bonds. The largest absolute Gasteiger partial charge is 0.501 e. The van der Waals surface area contributed by atoms with E-state index in [4.69, 9.17) is 22.1 Å². The number of ether oxygens (including phenoxy) is 1. The fourth-order valence-electron chi connectivity index (χ4n) is 4.20. The fourth-order valence-corrected chi connectivity index (χ4v) is 20.3. The van der Waals surface area contributed by atoms with E-state index in [-0.39, 0.29) is 11.9 Å². The maximum atomic E-state index is 12.6. The summed E-state index contributed by atoms with van der Waals surface area (Å²) in [6, 6.07) is 3.40. The van der Waals surface area contributed by atoms with Crippen LogP contribution < -0.4 is 0 Å². The Labute approximate surface area is 187 Å². The van der Waals surface area contributed by atoms with Crippen molar-refractivity contribution < 1.29 is 31.4 Å². The highest BCUT2D eigenvalue weighted by Crippen LogP contribution is 2.33. The van der Waals surface area contributed by atoms with Crippen molar-refractivity contribution in [2.24, 2.45) is 5.92 Å². The summed E-state index contributed by atoms with van der Waals surface area (Å²) in [5.74, 6) is -0.377. The van der Waals surface area contributed by atoms with Crippen LogP contribution in [0, 0.1) is 5.92 Å². The van der Waals surface area contributed by atoms with Crippen LogP contribution >= 0.6 is 0 Å². The normalized spacial score (nSPS) is 26.1. The van der Waals surface area contributed by atoms with E-state index in [0.29, 0.717) is 38.9 Å². The molecule has 0 radical (unpaired) electrons. The number of hydrogen-bond donors (Lipinski definition) is 0. The van der Waals surface area contributed by atoms with E-state index in [9.17, 15) is 9.26 Å². The molecule has 1 aliphatic heterocycles. The molecule has 3 unspecified atom stereocenters. The molecule has 0 aliphatic carbocycles. The molecule has 1 heterocycles. The smallest absolute Gasteiger partial charge is 0.465 e. The number of rotatable bonds is 14. The van der Waals surface area contributed by atoms with Crippen LogP contribution in [0.25, 0.3) is 0 Å². The summed E-state index contributed by atoms with van der Waals surface area (Å²) in [5.41, 5.74) is 0. The topological polar surface area (TPSA) is 80.3 Å². The molecule has 0 spiro atoms. The van der Waals surface area contributed by atoms with Gasteiger partial charge < -0.3 is 26.6 Å². The molecule has 1 fully saturated rings. The third kappa shape index (κ3) is 9.23. The highest BCUT2D eigenvalue weighted by atomic mass is 29.2.